The Morgan fingerprint density at radius 1 is 1.32 bits per heavy atom. The molecule has 0 atom stereocenters. The van der Waals surface area contributed by atoms with E-state index in [1.54, 1.807) is 38.1 Å². The summed E-state index contributed by atoms with van der Waals surface area (Å²) in [6.07, 6.45) is 0. The molecule has 0 radical (unpaired) electrons. The van der Waals surface area contributed by atoms with Crippen LogP contribution in [0.5, 0.6) is 5.75 Å². The second-order valence-electron chi connectivity index (χ2n) is 4.62. The summed E-state index contributed by atoms with van der Waals surface area (Å²) in [6.45, 7) is 1.87. The largest absolute Gasteiger partial charge is 0.460 e. The highest BCUT2D eigenvalue weighted by Gasteiger charge is 2.14. The van der Waals surface area contributed by atoms with Crippen molar-refractivity contribution >= 4 is 34.3 Å². The van der Waals surface area contributed by atoms with E-state index in [1.165, 1.54) is 6.07 Å². The van der Waals surface area contributed by atoms with Gasteiger partial charge < -0.3 is 18.8 Å². The van der Waals surface area contributed by atoms with Gasteiger partial charge in [-0.2, -0.15) is 0 Å². The monoisotopic (exact) mass is 321 g/mol. The topological polar surface area (TPSA) is 69.0 Å². The fraction of sp³-hybridized carbons (Fsp3) is 0.267. The summed E-state index contributed by atoms with van der Waals surface area (Å²) in [7, 11) is 3.50. The predicted octanol–water partition coefficient (Wildman–Crippen LogP) is 2.20. The minimum absolute atomic E-state index is 0.147. The summed E-state index contributed by atoms with van der Waals surface area (Å²) in [5.74, 6) is -0.418. The van der Waals surface area contributed by atoms with Crippen molar-refractivity contribution in [1.82, 2.24) is 4.90 Å². The van der Waals surface area contributed by atoms with Crippen LogP contribution >= 0.6 is 12.2 Å². The highest BCUT2D eigenvalue weighted by atomic mass is 32.1. The molecule has 0 aliphatic rings. The number of carbonyl (C=O) groups is 1. The molecule has 116 valence electrons. The second kappa shape index (κ2) is 6.57. The van der Waals surface area contributed by atoms with E-state index in [0.29, 0.717) is 11.1 Å². The fourth-order valence-corrected chi connectivity index (χ4v) is 1.79. The van der Waals surface area contributed by atoms with Gasteiger partial charge in [-0.15, -0.1) is 0 Å². The smallest absolute Gasteiger partial charge is 0.374 e. The third kappa shape index (κ3) is 3.43. The van der Waals surface area contributed by atoms with Crippen molar-refractivity contribution in [1.29, 1.82) is 0 Å². The number of hydrogen-bond donors (Lipinski definition) is 0. The van der Waals surface area contributed by atoms with Gasteiger partial charge in [-0.25, -0.2) is 4.79 Å². The lowest BCUT2D eigenvalue weighted by Gasteiger charge is -2.14. The van der Waals surface area contributed by atoms with Crippen LogP contribution in [0.25, 0.3) is 11.0 Å². The molecule has 1 aromatic carbocycles. The number of rotatable bonds is 3. The zero-order chi connectivity index (χ0) is 16.3. The molecule has 0 spiro atoms. The molecule has 0 fully saturated rings. The zero-order valence-electron chi connectivity index (χ0n) is 12.4. The first-order valence-corrected chi connectivity index (χ1v) is 6.97. The number of nitrogens with zero attached hydrogens (tertiary/aromatic N) is 1. The van der Waals surface area contributed by atoms with Gasteiger partial charge in [0.05, 0.1) is 12.0 Å². The van der Waals surface area contributed by atoms with Crippen molar-refractivity contribution in [2.24, 2.45) is 0 Å². The number of thiocarbonyl (C=S) groups is 1. The van der Waals surface area contributed by atoms with Gasteiger partial charge in [-0.1, -0.05) is 0 Å². The van der Waals surface area contributed by atoms with E-state index >= 15 is 0 Å². The van der Waals surface area contributed by atoms with Gasteiger partial charge in [-0.3, -0.25) is 4.79 Å². The highest BCUT2D eigenvalue weighted by molar-refractivity contribution is 7.80. The first-order chi connectivity index (χ1) is 10.4. The summed E-state index contributed by atoms with van der Waals surface area (Å²) in [5.41, 5.74) is -0.0966. The van der Waals surface area contributed by atoms with Gasteiger partial charge in [-0.05, 0) is 31.3 Å². The summed E-state index contributed by atoms with van der Waals surface area (Å²) >= 11 is 5.05. The van der Waals surface area contributed by atoms with Crippen molar-refractivity contribution in [3.05, 3.63) is 40.2 Å². The average Bonchev–Trinajstić information content (AvgIpc) is 2.46. The Balaban J connectivity index is 2.44. The standard InChI is InChI=1S/C15H15NO5S/c1-4-19-14(18)13-8-11(17)10-6-5-9(7-12(10)21-13)20-15(22)16(2)3/h5-8H,4H2,1-3H3. The van der Waals surface area contributed by atoms with Crippen LogP contribution in [0.15, 0.2) is 33.5 Å². The summed E-state index contributed by atoms with van der Waals surface area (Å²) in [4.78, 5) is 25.3. The average molecular weight is 321 g/mol. The zero-order valence-corrected chi connectivity index (χ0v) is 13.2. The third-order valence-electron chi connectivity index (χ3n) is 2.75. The Morgan fingerprint density at radius 3 is 2.68 bits per heavy atom. The first kappa shape index (κ1) is 16.0. The lowest BCUT2D eigenvalue weighted by atomic mass is 10.2. The molecule has 0 N–H and O–H groups in total. The molecular weight excluding hydrogens is 306 g/mol. The molecule has 2 aromatic rings. The Morgan fingerprint density at radius 2 is 2.05 bits per heavy atom. The van der Waals surface area contributed by atoms with Gasteiger partial charge in [0.25, 0.3) is 5.17 Å². The van der Waals surface area contributed by atoms with Crippen LogP contribution in [0.3, 0.4) is 0 Å². The second-order valence-corrected chi connectivity index (χ2v) is 4.96. The minimum atomic E-state index is -0.684. The van der Waals surface area contributed by atoms with E-state index in [2.05, 4.69) is 0 Å². The Kier molecular flexibility index (Phi) is 4.77. The van der Waals surface area contributed by atoms with Crippen LogP contribution in [0, 0.1) is 0 Å². The van der Waals surface area contributed by atoms with Crippen LogP contribution in [0.2, 0.25) is 0 Å². The van der Waals surface area contributed by atoms with Crippen LogP contribution in [-0.2, 0) is 4.74 Å². The van der Waals surface area contributed by atoms with Crippen molar-refractivity contribution in [2.75, 3.05) is 20.7 Å². The maximum absolute atomic E-state index is 12.0. The molecule has 1 aromatic heterocycles. The maximum Gasteiger partial charge on any atom is 0.374 e. The molecule has 0 unspecified atom stereocenters. The normalized spacial score (nSPS) is 10.3. The van der Waals surface area contributed by atoms with Crippen LogP contribution < -0.4 is 10.2 Å². The minimum Gasteiger partial charge on any atom is -0.460 e. The molecular formula is C15H15NO5S. The van der Waals surface area contributed by atoms with Gasteiger partial charge in [0, 0.05) is 26.2 Å². The fourth-order valence-electron chi connectivity index (χ4n) is 1.69. The first-order valence-electron chi connectivity index (χ1n) is 6.56. The summed E-state index contributed by atoms with van der Waals surface area (Å²) in [6, 6.07) is 5.80. The quantitative estimate of drug-likeness (QED) is 0.634. The van der Waals surface area contributed by atoms with E-state index in [4.69, 9.17) is 26.1 Å². The number of esters is 1. The SMILES string of the molecule is CCOC(=O)c1cc(=O)c2ccc(OC(=S)N(C)C)cc2o1. The van der Waals surface area contributed by atoms with E-state index in [0.717, 1.165) is 6.07 Å². The van der Waals surface area contributed by atoms with Gasteiger partial charge in [0.15, 0.2) is 5.43 Å². The Hall–Kier alpha value is -2.41. The highest BCUT2D eigenvalue weighted by Crippen LogP contribution is 2.20. The number of fused-ring (bicyclic) bond motifs is 1. The molecule has 6 nitrogen and oxygen atoms in total. The summed E-state index contributed by atoms with van der Waals surface area (Å²) < 4.78 is 15.7. The van der Waals surface area contributed by atoms with Gasteiger partial charge >= 0.3 is 5.97 Å². The molecule has 0 aliphatic carbocycles. The van der Waals surface area contributed by atoms with Crippen LogP contribution in [0.1, 0.15) is 17.5 Å². The van der Waals surface area contributed by atoms with E-state index in [1.807, 2.05) is 0 Å². The van der Waals surface area contributed by atoms with Gasteiger partial charge in [0.1, 0.15) is 11.3 Å². The van der Waals surface area contributed by atoms with E-state index < -0.39 is 5.97 Å². The van der Waals surface area contributed by atoms with Crippen molar-refractivity contribution < 1.29 is 18.7 Å². The lowest BCUT2D eigenvalue weighted by Crippen LogP contribution is -2.24. The van der Waals surface area contributed by atoms with Crippen LogP contribution in [0.4, 0.5) is 0 Å². The molecule has 0 saturated heterocycles. The third-order valence-corrected chi connectivity index (χ3v) is 3.20. The molecule has 7 heteroatoms. The molecule has 0 saturated carbocycles. The Bertz CT molecular complexity index is 781. The molecule has 22 heavy (non-hydrogen) atoms. The number of benzene rings is 1. The predicted molar refractivity (Wildman–Crippen MR) is 85.4 cm³/mol. The molecule has 0 amide bonds. The number of hydrogen-bond acceptors (Lipinski definition) is 6. The van der Waals surface area contributed by atoms with Crippen LogP contribution in [-0.4, -0.2) is 36.7 Å². The van der Waals surface area contributed by atoms with E-state index in [9.17, 15) is 9.59 Å². The van der Waals surface area contributed by atoms with Gasteiger partial charge in [0.2, 0.25) is 5.76 Å². The molecule has 1 heterocycles. The molecule has 0 aliphatic heterocycles. The summed E-state index contributed by atoms with van der Waals surface area (Å²) in [5, 5.41) is 0.611. The molecule has 0 bridgehead atoms. The van der Waals surface area contributed by atoms with Crippen molar-refractivity contribution in [3.63, 3.8) is 0 Å². The van der Waals surface area contributed by atoms with E-state index in [-0.39, 0.29) is 28.6 Å². The number of ether oxygens (including phenoxy) is 2. The van der Waals surface area contributed by atoms with Crippen molar-refractivity contribution in [2.45, 2.75) is 6.92 Å². The Labute approximate surface area is 132 Å². The number of carbonyl (C=O) groups excluding carboxylic acids is 1. The van der Waals surface area contributed by atoms with Crippen molar-refractivity contribution in [3.8, 4) is 5.75 Å². The maximum atomic E-state index is 12.0. The molecule has 2 rings (SSSR count). The lowest BCUT2D eigenvalue weighted by molar-refractivity contribution is 0.0490.